The van der Waals surface area contributed by atoms with Crippen molar-refractivity contribution in [3.8, 4) is 5.75 Å². The second-order valence-corrected chi connectivity index (χ2v) is 8.64. The van der Waals surface area contributed by atoms with Crippen LogP contribution in [-0.2, 0) is 27.2 Å². The quantitative estimate of drug-likeness (QED) is 0.179. The van der Waals surface area contributed by atoms with Crippen LogP contribution in [-0.4, -0.2) is 37.1 Å². The van der Waals surface area contributed by atoms with Crippen molar-refractivity contribution in [1.29, 1.82) is 0 Å². The Hall–Kier alpha value is -4.31. The summed E-state index contributed by atoms with van der Waals surface area (Å²) in [7, 11) is 1.27. The molecule has 2 amide bonds. The van der Waals surface area contributed by atoms with E-state index < -0.39 is 23.8 Å². The first-order valence-electron chi connectivity index (χ1n) is 10.7. The van der Waals surface area contributed by atoms with Gasteiger partial charge in [0, 0.05) is 4.88 Å². The maximum Gasteiger partial charge on any atom is 0.343 e. The van der Waals surface area contributed by atoms with Crippen molar-refractivity contribution in [3.05, 3.63) is 81.7 Å². The van der Waals surface area contributed by atoms with Crippen molar-refractivity contribution >= 4 is 46.3 Å². The lowest BCUT2D eigenvalue weighted by atomic mass is 10.1. The van der Waals surface area contributed by atoms with E-state index in [2.05, 4.69) is 15.8 Å². The van der Waals surface area contributed by atoms with Crippen molar-refractivity contribution in [2.24, 2.45) is 5.10 Å². The molecule has 0 unspecified atom stereocenters. The molecule has 0 saturated carbocycles. The van der Waals surface area contributed by atoms with Gasteiger partial charge in [0.15, 0.2) is 0 Å². The molecule has 1 aromatic heterocycles. The lowest BCUT2D eigenvalue weighted by molar-refractivity contribution is -0.136. The summed E-state index contributed by atoms with van der Waals surface area (Å²) < 4.78 is 10.2. The molecule has 1 heterocycles. The molecule has 0 radical (unpaired) electrons. The highest BCUT2D eigenvalue weighted by atomic mass is 32.1. The molecular weight excluding hydrogens is 470 g/mol. The third kappa shape index (κ3) is 5.61. The second-order valence-electron chi connectivity index (χ2n) is 7.53. The van der Waals surface area contributed by atoms with Gasteiger partial charge < -0.3 is 14.8 Å². The number of methoxy groups -OCH3 is 1. The summed E-state index contributed by atoms with van der Waals surface area (Å²) >= 11 is 1.27. The highest BCUT2D eigenvalue weighted by Gasteiger charge is 2.29. The number of hydrogen-bond donors (Lipinski definition) is 2. The Morgan fingerprint density at radius 1 is 0.971 bits per heavy atom. The number of anilines is 1. The number of carbonyl (C=O) groups is 4. The molecule has 3 aromatic rings. The van der Waals surface area contributed by atoms with E-state index in [1.165, 1.54) is 24.7 Å². The predicted octanol–water partition coefficient (Wildman–Crippen LogP) is 3.33. The molecule has 0 bridgehead atoms. The van der Waals surface area contributed by atoms with E-state index in [1.807, 2.05) is 0 Å². The first-order valence-corrected chi connectivity index (χ1v) is 11.5. The van der Waals surface area contributed by atoms with Crippen LogP contribution in [0, 0.1) is 0 Å². The van der Waals surface area contributed by atoms with E-state index in [9.17, 15) is 19.2 Å². The Kier molecular flexibility index (Phi) is 7.32. The Morgan fingerprint density at radius 3 is 2.54 bits per heavy atom. The summed E-state index contributed by atoms with van der Waals surface area (Å²) in [5.74, 6) is -2.72. The van der Waals surface area contributed by atoms with Gasteiger partial charge in [-0.05, 0) is 54.7 Å². The van der Waals surface area contributed by atoms with Gasteiger partial charge in [-0.1, -0.05) is 30.3 Å². The number of esters is 2. The van der Waals surface area contributed by atoms with Gasteiger partial charge in [-0.25, -0.2) is 15.0 Å². The van der Waals surface area contributed by atoms with E-state index >= 15 is 0 Å². The molecule has 4 rings (SSSR count). The molecule has 10 heteroatoms. The van der Waals surface area contributed by atoms with Crippen LogP contribution >= 0.6 is 11.3 Å². The number of thiophene rings is 1. The zero-order chi connectivity index (χ0) is 24.8. The van der Waals surface area contributed by atoms with Crippen LogP contribution in [0.2, 0.25) is 0 Å². The summed E-state index contributed by atoms with van der Waals surface area (Å²) in [6, 6.07) is 15.1. The van der Waals surface area contributed by atoms with Crippen LogP contribution in [0.1, 0.15) is 43.1 Å². The van der Waals surface area contributed by atoms with Crippen molar-refractivity contribution < 1.29 is 28.7 Å². The predicted molar refractivity (Wildman–Crippen MR) is 130 cm³/mol. The number of hydrogen-bond acceptors (Lipinski definition) is 8. The van der Waals surface area contributed by atoms with Gasteiger partial charge in [0.1, 0.15) is 10.8 Å². The molecule has 35 heavy (non-hydrogen) atoms. The average Bonchev–Trinajstić information content (AvgIpc) is 3.45. The Bertz CT molecular complexity index is 1320. The zero-order valence-corrected chi connectivity index (χ0v) is 19.5. The van der Waals surface area contributed by atoms with Crippen molar-refractivity contribution in [2.75, 3.05) is 12.4 Å². The van der Waals surface area contributed by atoms with Crippen LogP contribution in [0.3, 0.4) is 0 Å². The van der Waals surface area contributed by atoms with Gasteiger partial charge in [-0.15, -0.1) is 11.3 Å². The van der Waals surface area contributed by atoms with Crippen LogP contribution in [0.5, 0.6) is 5.75 Å². The van der Waals surface area contributed by atoms with Gasteiger partial charge in [-0.3, -0.25) is 9.59 Å². The molecule has 2 N–H and O–H groups in total. The monoisotopic (exact) mass is 491 g/mol. The Labute approximate surface area is 204 Å². The molecule has 0 fully saturated rings. The Balaban J connectivity index is 1.36. The molecule has 1 aliphatic rings. The molecule has 9 nitrogen and oxygen atoms in total. The van der Waals surface area contributed by atoms with Gasteiger partial charge in [0.05, 0.1) is 24.5 Å². The van der Waals surface area contributed by atoms with Gasteiger partial charge in [0.2, 0.25) is 0 Å². The number of nitrogens with one attached hydrogen (secondary N) is 2. The maximum absolute atomic E-state index is 12.4. The van der Waals surface area contributed by atoms with Crippen LogP contribution in [0.15, 0.2) is 59.7 Å². The van der Waals surface area contributed by atoms with Crippen molar-refractivity contribution in [3.63, 3.8) is 0 Å². The number of nitrogens with zero attached hydrogens (tertiary/aromatic N) is 1. The van der Waals surface area contributed by atoms with E-state index in [-0.39, 0.29) is 0 Å². The van der Waals surface area contributed by atoms with E-state index in [0.29, 0.717) is 27.4 Å². The molecule has 0 saturated heterocycles. The first-order chi connectivity index (χ1) is 17.0. The smallest absolute Gasteiger partial charge is 0.343 e. The normalized spacial score (nSPS) is 12.1. The number of rotatable bonds is 6. The summed E-state index contributed by atoms with van der Waals surface area (Å²) in [5, 5.41) is 6.57. The van der Waals surface area contributed by atoms with Crippen LogP contribution < -0.4 is 15.5 Å². The minimum absolute atomic E-state index is 0.290. The largest absolute Gasteiger partial charge is 0.465 e. The fraction of sp³-hybridized carbons (Fsp3) is 0.160. The number of carbonyl (C=O) groups excluding carboxylic acids is 4. The fourth-order valence-corrected chi connectivity index (χ4v) is 4.86. The molecule has 0 aliphatic heterocycles. The summed E-state index contributed by atoms with van der Waals surface area (Å²) in [6.07, 6.45) is 3.78. The number of fused-ring (bicyclic) bond motifs is 1. The minimum Gasteiger partial charge on any atom is -0.465 e. The number of hydrazone groups is 1. The molecule has 0 atom stereocenters. The lowest BCUT2D eigenvalue weighted by Gasteiger charge is -2.06. The number of aryl methyl sites for hydroxylation is 1. The molecule has 2 aromatic carbocycles. The van der Waals surface area contributed by atoms with Gasteiger partial charge in [0.25, 0.3) is 0 Å². The van der Waals surface area contributed by atoms with Gasteiger partial charge in [-0.2, -0.15) is 5.10 Å². The number of amides is 2. The van der Waals surface area contributed by atoms with Gasteiger partial charge >= 0.3 is 23.8 Å². The summed E-state index contributed by atoms with van der Waals surface area (Å²) in [6.45, 7) is 0. The van der Waals surface area contributed by atoms with Crippen molar-refractivity contribution in [1.82, 2.24) is 5.43 Å². The van der Waals surface area contributed by atoms with E-state index in [0.717, 1.165) is 29.7 Å². The topological polar surface area (TPSA) is 123 Å². The minimum atomic E-state index is -1.00. The molecule has 178 valence electrons. The average molecular weight is 492 g/mol. The summed E-state index contributed by atoms with van der Waals surface area (Å²) in [4.78, 5) is 50.0. The first kappa shape index (κ1) is 23.8. The number of ether oxygens (including phenoxy) is 2. The standard InChI is InChI=1S/C25H21N3O6S/c1-33-25(32)20-18-11-6-12-19(18)35-23(20)27-21(29)22(30)28-26-14-15-7-5-10-17(13-15)34-24(31)16-8-3-2-4-9-16/h2-5,7-10,13-14H,6,11-12H2,1H3,(H,27,29)(H,28,30). The fourth-order valence-electron chi connectivity index (χ4n) is 3.58. The van der Waals surface area contributed by atoms with Crippen molar-refractivity contribution in [2.45, 2.75) is 19.3 Å². The third-order valence-electron chi connectivity index (χ3n) is 5.20. The zero-order valence-electron chi connectivity index (χ0n) is 18.7. The third-order valence-corrected chi connectivity index (χ3v) is 6.41. The Morgan fingerprint density at radius 2 is 1.77 bits per heavy atom. The van der Waals surface area contributed by atoms with Crippen LogP contribution in [0.4, 0.5) is 5.00 Å². The molecular formula is C25H21N3O6S. The SMILES string of the molecule is COC(=O)c1c(NC(=O)C(=O)NN=Cc2cccc(OC(=O)c3ccccc3)c2)sc2c1CCC2. The summed E-state index contributed by atoms with van der Waals surface area (Å²) in [5.41, 5.74) is 4.26. The number of benzene rings is 2. The maximum atomic E-state index is 12.4. The molecule has 1 aliphatic carbocycles. The van der Waals surface area contributed by atoms with E-state index in [4.69, 9.17) is 9.47 Å². The second kappa shape index (κ2) is 10.7. The lowest BCUT2D eigenvalue weighted by Crippen LogP contribution is -2.32. The molecule has 0 spiro atoms. The van der Waals surface area contributed by atoms with E-state index in [1.54, 1.807) is 54.6 Å². The highest BCUT2D eigenvalue weighted by Crippen LogP contribution is 2.39. The van der Waals surface area contributed by atoms with Crippen LogP contribution in [0.25, 0.3) is 0 Å². The highest BCUT2D eigenvalue weighted by molar-refractivity contribution is 7.17.